The number of halogens is 2. The van der Waals surface area contributed by atoms with Crippen LogP contribution in [0.5, 0.6) is 5.75 Å². The van der Waals surface area contributed by atoms with Crippen LogP contribution in [0.4, 0.5) is 8.78 Å². The van der Waals surface area contributed by atoms with Crippen molar-refractivity contribution in [2.75, 3.05) is 20.4 Å². The van der Waals surface area contributed by atoms with Crippen LogP contribution in [0, 0.1) is 6.92 Å². The van der Waals surface area contributed by atoms with Crippen LogP contribution in [-0.2, 0) is 0 Å². The van der Waals surface area contributed by atoms with Gasteiger partial charge in [-0.05, 0) is 69.1 Å². The number of imidazole rings is 1. The number of aliphatic hydroxyl groups is 2. The number of nitrogens with zero attached hydrogens (tertiary/aromatic N) is 4. The van der Waals surface area contributed by atoms with Gasteiger partial charge in [0, 0.05) is 22.9 Å². The van der Waals surface area contributed by atoms with Crippen LogP contribution in [0.3, 0.4) is 0 Å². The van der Waals surface area contributed by atoms with E-state index in [1.807, 2.05) is 35.9 Å². The zero-order chi connectivity index (χ0) is 28.9. The molecular weight excluding hydrogens is 536 g/mol. The Balaban J connectivity index is 1.74. The first-order valence-corrected chi connectivity index (χ1v) is 14.8. The molecule has 2 N–H and O–H groups in total. The number of carbonyl (C=O) groups is 1. The number of hydrogen-bond acceptors (Lipinski definition) is 7. The highest BCUT2D eigenvalue weighted by atomic mass is 31.1. The molecule has 0 spiro atoms. The zero-order valence-electron chi connectivity index (χ0n) is 22.4. The first-order chi connectivity index (χ1) is 18.9. The summed E-state index contributed by atoms with van der Waals surface area (Å²) < 4.78 is 33.5. The van der Waals surface area contributed by atoms with Gasteiger partial charge in [0.1, 0.15) is 11.6 Å². The molecule has 5 rings (SSSR count). The Kier molecular flexibility index (Phi) is 7.52. The molecule has 1 aliphatic rings. The molecular formula is C28H28BF2N4O4P. The Labute approximate surface area is 232 Å². The molecule has 0 amide bonds. The largest absolute Gasteiger partial charge is 0.434 e. The number of aryl methyl sites for hydroxylation is 1. The molecule has 0 saturated heterocycles. The van der Waals surface area contributed by atoms with Gasteiger partial charge >= 0.3 is 6.61 Å². The summed E-state index contributed by atoms with van der Waals surface area (Å²) in [5.74, 6) is -2.38. The van der Waals surface area contributed by atoms with Gasteiger partial charge < -0.3 is 19.5 Å². The summed E-state index contributed by atoms with van der Waals surface area (Å²) in [7, 11) is 6.68. The number of fused-ring (bicyclic) bond motifs is 3. The molecule has 4 aromatic rings. The molecule has 0 fully saturated rings. The Bertz CT molecular complexity index is 1590. The molecule has 40 heavy (non-hydrogen) atoms. The van der Waals surface area contributed by atoms with Crippen molar-refractivity contribution in [3.8, 4) is 16.9 Å². The molecule has 2 atom stereocenters. The number of hydrogen-bond donors (Lipinski definition) is 2. The molecule has 0 aliphatic carbocycles. The summed E-state index contributed by atoms with van der Waals surface area (Å²) in [5, 5.41) is 20.4. The van der Waals surface area contributed by atoms with E-state index in [9.17, 15) is 23.8 Å². The average Bonchev–Trinajstić information content (AvgIpc) is 3.44. The van der Waals surface area contributed by atoms with Crippen molar-refractivity contribution in [3.63, 3.8) is 0 Å². The third-order valence-electron chi connectivity index (χ3n) is 7.40. The molecule has 2 aromatic heterocycles. The number of aromatic nitrogens is 3. The van der Waals surface area contributed by atoms with Crippen LogP contribution >= 0.6 is 7.92 Å². The van der Waals surface area contributed by atoms with Crippen molar-refractivity contribution in [1.82, 2.24) is 19.4 Å². The molecule has 0 saturated carbocycles. The Morgan fingerprint density at radius 3 is 2.62 bits per heavy atom. The molecule has 2 unspecified atom stereocenters. The summed E-state index contributed by atoms with van der Waals surface area (Å²) >= 11 is 0. The topological polar surface area (TPSA) is 101 Å². The predicted molar refractivity (Wildman–Crippen MR) is 151 cm³/mol. The van der Waals surface area contributed by atoms with E-state index in [0.717, 1.165) is 27.0 Å². The number of carbonyl (C=O) groups excluding carboxylic acids is 1. The van der Waals surface area contributed by atoms with Gasteiger partial charge in [0.25, 0.3) is 0 Å². The number of aldehydes is 1. The number of alkyl halides is 2. The molecule has 0 bridgehead atoms. The normalized spacial score (nSPS) is 17.3. The van der Waals surface area contributed by atoms with E-state index in [-0.39, 0.29) is 31.2 Å². The van der Waals surface area contributed by atoms with Crippen molar-refractivity contribution in [1.29, 1.82) is 0 Å². The van der Waals surface area contributed by atoms with E-state index >= 15 is 0 Å². The second-order valence-electron chi connectivity index (χ2n) is 10.1. The minimum atomic E-state index is -3.11. The van der Waals surface area contributed by atoms with Crippen molar-refractivity contribution in [3.05, 3.63) is 71.2 Å². The van der Waals surface area contributed by atoms with Crippen LogP contribution in [0.1, 0.15) is 45.8 Å². The first-order valence-electron chi connectivity index (χ1n) is 12.6. The average molecular weight is 564 g/mol. The van der Waals surface area contributed by atoms with Gasteiger partial charge in [-0.25, -0.2) is 4.98 Å². The van der Waals surface area contributed by atoms with E-state index in [1.165, 1.54) is 25.2 Å². The highest BCUT2D eigenvalue weighted by Gasteiger charge is 2.43. The fourth-order valence-corrected chi connectivity index (χ4v) is 6.12. The zero-order valence-corrected chi connectivity index (χ0v) is 23.3. The maximum Gasteiger partial charge on any atom is 0.387 e. The van der Waals surface area contributed by atoms with Crippen LogP contribution in [0.2, 0.25) is 0 Å². The third kappa shape index (κ3) is 5.03. The van der Waals surface area contributed by atoms with Gasteiger partial charge in [0.05, 0.1) is 28.6 Å². The molecule has 8 nitrogen and oxygen atoms in total. The first kappa shape index (κ1) is 28.3. The van der Waals surface area contributed by atoms with Gasteiger partial charge in [-0.1, -0.05) is 26.1 Å². The smallest absolute Gasteiger partial charge is 0.387 e. The molecule has 1 aliphatic heterocycles. The minimum absolute atomic E-state index is 0.143. The van der Waals surface area contributed by atoms with Crippen molar-refractivity contribution in [2.45, 2.75) is 37.9 Å². The van der Waals surface area contributed by atoms with Crippen LogP contribution in [0.25, 0.3) is 22.2 Å². The summed E-state index contributed by atoms with van der Waals surface area (Å²) in [5.41, 5.74) is 5.62. The van der Waals surface area contributed by atoms with Crippen molar-refractivity contribution < 1.29 is 28.5 Å². The highest BCUT2D eigenvalue weighted by molar-refractivity contribution is 7.63. The van der Waals surface area contributed by atoms with E-state index in [2.05, 4.69) is 24.4 Å². The van der Waals surface area contributed by atoms with Crippen molar-refractivity contribution in [2.24, 2.45) is 0 Å². The lowest BCUT2D eigenvalue weighted by Crippen LogP contribution is -2.48. The minimum Gasteiger partial charge on any atom is -0.434 e. The van der Waals surface area contributed by atoms with Crippen molar-refractivity contribution >= 4 is 38.5 Å². The molecule has 2 radical (unpaired) electrons. The SMILES string of the molecule is [B]C(O)(O)N(C)C1CC(c2c(C=O)cccc2OC(F)F)n2c1nc1ccc(-c3cnc(P(C)C)cc3C)cc12. The predicted octanol–water partition coefficient (Wildman–Crippen LogP) is 3.92. The molecule has 206 valence electrons. The van der Waals surface area contributed by atoms with E-state index in [1.54, 1.807) is 0 Å². The van der Waals surface area contributed by atoms with Gasteiger partial charge in [0.15, 0.2) is 19.9 Å². The maximum absolute atomic E-state index is 13.4. The summed E-state index contributed by atoms with van der Waals surface area (Å²) in [6.07, 6.45) is 2.60. The van der Waals surface area contributed by atoms with E-state index < -0.39 is 24.5 Å². The second kappa shape index (κ2) is 10.6. The lowest BCUT2D eigenvalue weighted by atomic mass is 9.94. The van der Waals surface area contributed by atoms with Gasteiger partial charge in [0.2, 0.25) is 0 Å². The summed E-state index contributed by atoms with van der Waals surface area (Å²) in [6, 6.07) is 10.8. The second-order valence-corrected chi connectivity index (χ2v) is 12.4. The maximum atomic E-state index is 13.4. The number of rotatable bonds is 8. The lowest BCUT2D eigenvalue weighted by Gasteiger charge is -2.33. The Morgan fingerprint density at radius 1 is 1.25 bits per heavy atom. The number of benzene rings is 2. The van der Waals surface area contributed by atoms with Crippen LogP contribution < -0.4 is 10.2 Å². The molecule has 2 aromatic carbocycles. The third-order valence-corrected chi connectivity index (χ3v) is 8.56. The standard InChI is InChI=1S/C28H28BF2N4O4P/c1-15-10-24(40(3)4)32-13-18(15)16-8-9-19-20(11-16)35-21(12-22(26(35)33-19)34(2)28(29,37)38)25-17(14-36)6-5-7-23(25)39-27(30)31/h5-11,13-14,21-22,27,37-38H,12H2,1-4H3. The van der Waals surface area contributed by atoms with Gasteiger partial charge in [-0.15, -0.1) is 0 Å². The molecule has 3 heterocycles. The van der Waals surface area contributed by atoms with E-state index in [4.69, 9.17) is 17.6 Å². The Hall–Kier alpha value is -3.24. The van der Waals surface area contributed by atoms with Crippen LogP contribution in [0.15, 0.2) is 48.7 Å². The van der Waals surface area contributed by atoms with E-state index in [0.29, 0.717) is 23.1 Å². The number of ether oxygens (including phenoxy) is 1. The van der Waals surface area contributed by atoms with Gasteiger partial charge in [-0.3, -0.25) is 14.7 Å². The lowest BCUT2D eigenvalue weighted by molar-refractivity contribution is -0.202. The van der Waals surface area contributed by atoms with Gasteiger partial charge in [-0.2, -0.15) is 8.78 Å². The monoisotopic (exact) mass is 564 g/mol. The van der Waals surface area contributed by atoms with Crippen LogP contribution in [-0.4, -0.2) is 76.6 Å². The fraction of sp³-hybridized carbons (Fsp3) is 0.321. The quantitative estimate of drug-likeness (QED) is 0.145. The highest BCUT2D eigenvalue weighted by Crippen LogP contribution is 2.48. The molecule has 12 heteroatoms. The fourth-order valence-electron chi connectivity index (χ4n) is 5.38. The summed E-state index contributed by atoms with van der Waals surface area (Å²) in [4.78, 5) is 22.6. The summed E-state index contributed by atoms with van der Waals surface area (Å²) in [6.45, 7) is 3.20. The number of pyridine rings is 1. The Morgan fingerprint density at radius 2 is 2.00 bits per heavy atom.